The van der Waals surface area contributed by atoms with E-state index in [4.69, 9.17) is 12.8 Å². The van der Waals surface area contributed by atoms with Crippen LogP contribution in [0.2, 0.25) is 0 Å². The highest BCUT2D eigenvalue weighted by atomic mass is 16.3. The second-order valence-corrected chi connectivity index (χ2v) is 12.8. The maximum absolute atomic E-state index is 10.0. The first kappa shape index (κ1) is 45.8. The Morgan fingerprint density at radius 3 is 1.69 bits per heavy atom. The van der Waals surface area contributed by atoms with Crippen LogP contribution in [0.3, 0.4) is 0 Å². The molecule has 0 fully saturated rings. The van der Waals surface area contributed by atoms with Crippen LogP contribution in [0.4, 0.5) is 0 Å². The van der Waals surface area contributed by atoms with Crippen LogP contribution in [0.5, 0.6) is 0 Å². The van der Waals surface area contributed by atoms with Gasteiger partial charge in [0.05, 0.1) is 0 Å². The molecule has 0 rings (SSSR count). The molecule has 3 nitrogen and oxygen atoms in total. The van der Waals surface area contributed by atoms with E-state index in [2.05, 4.69) is 66.8 Å². The number of hydrogen-bond acceptors (Lipinski definition) is 3. The highest BCUT2D eigenvalue weighted by Gasteiger charge is 2.02. The Morgan fingerprint density at radius 2 is 1.04 bits per heavy atom. The van der Waals surface area contributed by atoms with E-state index in [1.165, 1.54) is 83.5 Å². The fourth-order valence-electron chi connectivity index (χ4n) is 5.24. The minimum Gasteiger partial charge on any atom is -0.377 e. The normalized spacial score (nSPS) is 14.1. The molecule has 0 amide bonds. The monoisotopic (exact) mass is 669 g/mol. The van der Waals surface area contributed by atoms with Crippen molar-refractivity contribution >= 4 is 0 Å². The number of hydrogen-bond donors (Lipinski definition) is 3. The van der Waals surface area contributed by atoms with Gasteiger partial charge in [0.25, 0.3) is 0 Å². The van der Waals surface area contributed by atoms with Crippen molar-refractivity contribution in [2.24, 2.45) is 5.92 Å². The zero-order valence-electron chi connectivity index (χ0n) is 30.8. The zero-order chi connectivity index (χ0) is 35.9. The zero-order valence-corrected chi connectivity index (χ0v) is 30.8. The average molecular weight is 669 g/mol. The summed E-state index contributed by atoms with van der Waals surface area (Å²) in [7, 11) is 0. The number of rotatable bonds is 29. The Labute approximate surface area is 302 Å². The van der Waals surface area contributed by atoms with Crippen LogP contribution in [-0.2, 0) is 0 Å². The SMILES string of the molecule is C#C[C@@H](O)/C=C/CCCCCC/C=C\CCCCC#C[C@H](O)C#C/C=C/CC/C=C\C(/C=C/[C@H](O)C#C)CCCCCCCCCCCC. The predicted molar refractivity (Wildman–Crippen MR) is 212 cm³/mol. The molecule has 0 aromatic carbocycles. The van der Waals surface area contributed by atoms with Gasteiger partial charge in [-0.3, -0.25) is 0 Å². The summed E-state index contributed by atoms with van der Waals surface area (Å²) in [6, 6.07) is 0. The van der Waals surface area contributed by atoms with Gasteiger partial charge in [0.15, 0.2) is 6.10 Å². The number of aliphatic hydroxyl groups excluding tert-OH is 3. The van der Waals surface area contributed by atoms with E-state index >= 15 is 0 Å². The first-order valence-corrected chi connectivity index (χ1v) is 19.3. The molecule has 0 aromatic heterocycles. The molecule has 1 unspecified atom stereocenters. The summed E-state index contributed by atoms with van der Waals surface area (Å²) in [4.78, 5) is 0. The van der Waals surface area contributed by atoms with Gasteiger partial charge < -0.3 is 15.3 Å². The largest absolute Gasteiger partial charge is 0.377 e. The van der Waals surface area contributed by atoms with Crippen LogP contribution in [0.25, 0.3) is 0 Å². The molecule has 0 bridgehead atoms. The standard InChI is InChI=1S/C46H68O3/c1-4-7-8-9-10-11-18-21-26-31-36-43(41-42-45(48)6-3)37-32-27-24-25-30-35-40-46(49)39-34-29-23-20-17-15-13-12-14-16-19-22-28-33-38-44(47)5-2/h2-3,13,15,25,30,32-33,37-38,41-49H,4,7-12,14,16-24,26-29,31,36H2,1H3/b15-13-,30-25+,37-32-,38-33+,42-41+/t43?,44-,45-,46+/m1/s1. The van der Waals surface area contributed by atoms with Crippen LogP contribution in [0.15, 0.2) is 60.8 Å². The van der Waals surface area contributed by atoms with Crippen LogP contribution in [0, 0.1) is 54.3 Å². The molecule has 0 aromatic rings. The Bertz CT molecular complexity index is 1120. The van der Waals surface area contributed by atoms with Gasteiger partial charge in [0.1, 0.15) is 12.2 Å². The van der Waals surface area contributed by atoms with E-state index < -0.39 is 18.3 Å². The molecule has 0 spiro atoms. The summed E-state index contributed by atoms with van der Waals surface area (Å²) in [5.74, 6) is 16.5. The van der Waals surface area contributed by atoms with Crippen LogP contribution in [0.1, 0.15) is 155 Å². The lowest BCUT2D eigenvalue weighted by Crippen LogP contribution is -1.99. The maximum Gasteiger partial charge on any atom is 0.176 e. The third-order valence-corrected chi connectivity index (χ3v) is 8.22. The number of aliphatic hydroxyl groups is 3. The number of terminal acetylenes is 2. The molecule has 0 aliphatic rings. The fraction of sp³-hybridized carbons (Fsp3) is 0.609. The minimum atomic E-state index is -0.910. The van der Waals surface area contributed by atoms with E-state index in [0.29, 0.717) is 0 Å². The molecule has 0 saturated carbocycles. The molecule has 0 aliphatic carbocycles. The summed E-state index contributed by atoms with van der Waals surface area (Å²) in [5.41, 5.74) is 0. The van der Waals surface area contributed by atoms with Crippen molar-refractivity contribution in [1.29, 1.82) is 0 Å². The Morgan fingerprint density at radius 1 is 0.510 bits per heavy atom. The second-order valence-electron chi connectivity index (χ2n) is 12.8. The molecule has 4 atom stereocenters. The van der Waals surface area contributed by atoms with Gasteiger partial charge in [0, 0.05) is 6.42 Å². The van der Waals surface area contributed by atoms with Gasteiger partial charge in [-0.1, -0.05) is 162 Å². The molecule has 0 radical (unpaired) electrons. The molecule has 0 heterocycles. The van der Waals surface area contributed by atoms with Gasteiger partial charge in [-0.25, -0.2) is 0 Å². The minimum absolute atomic E-state index is 0.286. The summed E-state index contributed by atoms with van der Waals surface area (Å²) < 4.78 is 0. The van der Waals surface area contributed by atoms with Crippen molar-refractivity contribution in [1.82, 2.24) is 0 Å². The molecule has 3 N–H and O–H groups in total. The third kappa shape index (κ3) is 35.9. The van der Waals surface area contributed by atoms with Gasteiger partial charge in [-0.15, -0.1) is 12.8 Å². The van der Waals surface area contributed by atoms with Gasteiger partial charge >= 0.3 is 0 Å². The molecule has 3 heteroatoms. The van der Waals surface area contributed by atoms with E-state index in [0.717, 1.165) is 64.2 Å². The first-order chi connectivity index (χ1) is 24.0. The Hall–Kier alpha value is -3.18. The van der Waals surface area contributed by atoms with E-state index in [1.807, 2.05) is 18.2 Å². The second kappa shape index (κ2) is 37.6. The lowest BCUT2D eigenvalue weighted by Gasteiger charge is -2.09. The van der Waals surface area contributed by atoms with Gasteiger partial charge in [0.2, 0.25) is 0 Å². The highest BCUT2D eigenvalue weighted by Crippen LogP contribution is 2.17. The first-order valence-electron chi connectivity index (χ1n) is 19.3. The van der Waals surface area contributed by atoms with E-state index in [-0.39, 0.29) is 5.92 Å². The van der Waals surface area contributed by atoms with Crippen LogP contribution < -0.4 is 0 Å². The van der Waals surface area contributed by atoms with Gasteiger partial charge in [-0.2, -0.15) is 0 Å². The predicted octanol–water partition coefficient (Wildman–Crippen LogP) is 10.7. The lowest BCUT2D eigenvalue weighted by molar-refractivity contribution is 0.280. The summed E-state index contributed by atoms with van der Waals surface area (Å²) in [6.07, 6.45) is 55.1. The number of allylic oxidation sites excluding steroid dienone is 8. The summed E-state index contributed by atoms with van der Waals surface area (Å²) >= 11 is 0. The summed E-state index contributed by atoms with van der Waals surface area (Å²) in [5, 5.41) is 29.0. The van der Waals surface area contributed by atoms with Crippen LogP contribution >= 0.6 is 0 Å². The van der Waals surface area contributed by atoms with Crippen molar-refractivity contribution in [3.05, 3.63) is 60.8 Å². The molecule has 0 aliphatic heterocycles. The molecule has 0 saturated heterocycles. The Balaban J connectivity index is 4.06. The van der Waals surface area contributed by atoms with Crippen molar-refractivity contribution in [3.63, 3.8) is 0 Å². The quantitative estimate of drug-likeness (QED) is 0.0422. The number of unbranched alkanes of at least 4 members (excludes halogenated alkanes) is 18. The molecule has 49 heavy (non-hydrogen) atoms. The van der Waals surface area contributed by atoms with Gasteiger partial charge in [-0.05, 0) is 88.4 Å². The van der Waals surface area contributed by atoms with Crippen molar-refractivity contribution in [3.8, 4) is 48.4 Å². The lowest BCUT2D eigenvalue weighted by atomic mass is 9.98. The molecular formula is C46H68O3. The van der Waals surface area contributed by atoms with Crippen molar-refractivity contribution in [2.75, 3.05) is 0 Å². The van der Waals surface area contributed by atoms with Crippen molar-refractivity contribution < 1.29 is 15.3 Å². The third-order valence-electron chi connectivity index (χ3n) is 8.22. The average Bonchev–Trinajstić information content (AvgIpc) is 3.11. The van der Waals surface area contributed by atoms with E-state index in [1.54, 1.807) is 18.2 Å². The Kier molecular flexibility index (Phi) is 35.2. The smallest absolute Gasteiger partial charge is 0.176 e. The van der Waals surface area contributed by atoms with E-state index in [9.17, 15) is 15.3 Å². The molecular weight excluding hydrogens is 601 g/mol. The molecule has 270 valence electrons. The maximum atomic E-state index is 10.0. The van der Waals surface area contributed by atoms with Crippen LogP contribution in [-0.4, -0.2) is 33.6 Å². The topological polar surface area (TPSA) is 60.7 Å². The van der Waals surface area contributed by atoms with Crippen molar-refractivity contribution in [2.45, 2.75) is 173 Å². The summed E-state index contributed by atoms with van der Waals surface area (Å²) in [6.45, 7) is 2.26. The highest BCUT2D eigenvalue weighted by molar-refractivity contribution is 5.24. The fourth-order valence-corrected chi connectivity index (χ4v) is 5.24.